The van der Waals surface area contributed by atoms with Crippen LogP contribution in [-0.4, -0.2) is 9.55 Å². The van der Waals surface area contributed by atoms with Gasteiger partial charge in [-0.3, -0.25) is 9.36 Å². The highest BCUT2D eigenvalue weighted by atomic mass is 19.1. The molecule has 1 heterocycles. The standard InChI is InChI=1S/C11H6FN3O/c12-8-3-1-2-4-10(8)15-6-5-14-9(7-13)11(15)16/h1-6H. The Labute approximate surface area is 90.2 Å². The SMILES string of the molecule is N#Cc1nccn(-c2ccccc2F)c1=O. The van der Waals surface area contributed by atoms with E-state index in [-0.39, 0.29) is 11.4 Å². The van der Waals surface area contributed by atoms with Crippen molar-refractivity contribution in [3.63, 3.8) is 0 Å². The van der Waals surface area contributed by atoms with Gasteiger partial charge >= 0.3 is 0 Å². The summed E-state index contributed by atoms with van der Waals surface area (Å²) in [6.07, 6.45) is 2.61. The van der Waals surface area contributed by atoms with Crippen molar-refractivity contribution in [2.75, 3.05) is 0 Å². The normalized spacial score (nSPS) is 9.75. The van der Waals surface area contributed by atoms with Crippen LogP contribution in [0.4, 0.5) is 4.39 Å². The largest absolute Gasteiger partial charge is 0.291 e. The maximum atomic E-state index is 13.4. The molecule has 1 aromatic carbocycles. The molecule has 0 aliphatic rings. The van der Waals surface area contributed by atoms with Gasteiger partial charge in [0.05, 0.1) is 5.69 Å². The number of nitrogens with zero attached hydrogens (tertiary/aromatic N) is 3. The van der Waals surface area contributed by atoms with E-state index in [1.54, 1.807) is 12.1 Å². The Hall–Kier alpha value is -2.48. The molecule has 0 saturated carbocycles. The molecule has 78 valence electrons. The molecule has 0 atom stereocenters. The van der Waals surface area contributed by atoms with Crippen LogP contribution in [0.3, 0.4) is 0 Å². The average Bonchev–Trinajstić information content (AvgIpc) is 2.31. The first-order chi connectivity index (χ1) is 7.74. The number of hydrogen-bond donors (Lipinski definition) is 0. The lowest BCUT2D eigenvalue weighted by Gasteiger charge is -2.05. The number of rotatable bonds is 1. The van der Waals surface area contributed by atoms with Crippen LogP contribution in [0.25, 0.3) is 5.69 Å². The van der Waals surface area contributed by atoms with E-state index < -0.39 is 11.4 Å². The van der Waals surface area contributed by atoms with Gasteiger partial charge in [0.25, 0.3) is 5.56 Å². The Morgan fingerprint density at radius 3 is 2.81 bits per heavy atom. The number of hydrogen-bond acceptors (Lipinski definition) is 3. The topological polar surface area (TPSA) is 58.7 Å². The van der Waals surface area contributed by atoms with Gasteiger partial charge in [-0.25, -0.2) is 9.37 Å². The first kappa shape index (κ1) is 10.1. The Morgan fingerprint density at radius 1 is 1.38 bits per heavy atom. The number of benzene rings is 1. The third-order valence-electron chi connectivity index (χ3n) is 2.06. The van der Waals surface area contributed by atoms with Gasteiger partial charge in [-0.1, -0.05) is 12.1 Å². The van der Waals surface area contributed by atoms with E-state index in [0.717, 1.165) is 4.57 Å². The summed E-state index contributed by atoms with van der Waals surface area (Å²) in [7, 11) is 0. The van der Waals surface area contributed by atoms with E-state index in [1.165, 1.54) is 30.6 Å². The number of para-hydroxylation sites is 1. The Balaban J connectivity index is 2.72. The third kappa shape index (κ3) is 1.57. The average molecular weight is 215 g/mol. The molecule has 2 rings (SSSR count). The lowest BCUT2D eigenvalue weighted by atomic mass is 10.3. The van der Waals surface area contributed by atoms with Crippen LogP contribution in [0.2, 0.25) is 0 Å². The molecule has 0 radical (unpaired) electrons. The minimum atomic E-state index is -0.630. The van der Waals surface area contributed by atoms with Crippen LogP contribution in [0.1, 0.15) is 5.69 Å². The molecule has 0 spiro atoms. The predicted octanol–water partition coefficient (Wildman–Crippen LogP) is 1.24. The van der Waals surface area contributed by atoms with Crippen molar-refractivity contribution in [2.45, 2.75) is 0 Å². The minimum Gasteiger partial charge on any atom is -0.277 e. The van der Waals surface area contributed by atoms with Crippen molar-refractivity contribution < 1.29 is 4.39 Å². The molecule has 2 aromatic rings. The molecular formula is C11H6FN3O. The van der Waals surface area contributed by atoms with Crippen molar-refractivity contribution in [3.05, 3.63) is 58.5 Å². The highest BCUT2D eigenvalue weighted by Crippen LogP contribution is 2.09. The van der Waals surface area contributed by atoms with Crippen LogP contribution in [-0.2, 0) is 0 Å². The van der Waals surface area contributed by atoms with Gasteiger partial charge in [-0.15, -0.1) is 0 Å². The molecular weight excluding hydrogens is 209 g/mol. The van der Waals surface area contributed by atoms with Gasteiger partial charge in [0.2, 0.25) is 5.69 Å². The molecule has 0 aliphatic heterocycles. The second-order valence-electron chi connectivity index (χ2n) is 3.01. The van der Waals surface area contributed by atoms with E-state index in [9.17, 15) is 9.18 Å². The molecule has 0 N–H and O–H groups in total. The zero-order chi connectivity index (χ0) is 11.5. The first-order valence-corrected chi connectivity index (χ1v) is 4.46. The smallest absolute Gasteiger partial charge is 0.277 e. The van der Waals surface area contributed by atoms with Crippen LogP contribution < -0.4 is 5.56 Å². The van der Waals surface area contributed by atoms with Crippen LogP contribution >= 0.6 is 0 Å². The van der Waals surface area contributed by atoms with Crippen LogP contribution in [0.5, 0.6) is 0 Å². The molecule has 5 heteroatoms. The monoisotopic (exact) mass is 215 g/mol. The fraction of sp³-hybridized carbons (Fsp3) is 0. The Kier molecular flexibility index (Phi) is 2.48. The summed E-state index contributed by atoms with van der Waals surface area (Å²) >= 11 is 0. The number of halogens is 1. The molecule has 0 aliphatic carbocycles. The summed E-state index contributed by atoms with van der Waals surface area (Å²) in [5, 5.41) is 8.64. The highest BCUT2D eigenvalue weighted by molar-refractivity contribution is 5.34. The van der Waals surface area contributed by atoms with Gasteiger partial charge < -0.3 is 0 Å². The maximum Gasteiger partial charge on any atom is 0.291 e. The minimum absolute atomic E-state index is 0.103. The van der Waals surface area contributed by atoms with E-state index >= 15 is 0 Å². The number of aromatic nitrogens is 2. The maximum absolute atomic E-state index is 13.4. The van der Waals surface area contributed by atoms with Crippen molar-refractivity contribution in [3.8, 4) is 11.8 Å². The quantitative estimate of drug-likeness (QED) is 0.719. The second kappa shape index (κ2) is 3.95. The van der Waals surface area contributed by atoms with Crippen LogP contribution in [0, 0.1) is 17.1 Å². The molecule has 0 saturated heterocycles. The molecule has 16 heavy (non-hydrogen) atoms. The van der Waals surface area contributed by atoms with Gasteiger partial charge in [-0.2, -0.15) is 5.26 Å². The first-order valence-electron chi connectivity index (χ1n) is 4.46. The van der Waals surface area contributed by atoms with Gasteiger partial charge in [0.15, 0.2) is 0 Å². The molecule has 0 fully saturated rings. The highest BCUT2D eigenvalue weighted by Gasteiger charge is 2.08. The summed E-state index contributed by atoms with van der Waals surface area (Å²) in [5.74, 6) is -0.528. The fourth-order valence-electron chi connectivity index (χ4n) is 1.33. The fourth-order valence-corrected chi connectivity index (χ4v) is 1.33. The Morgan fingerprint density at radius 2 is 2.12 bits per heavy atom. The summed E-state index contributed by atoms with van der Waals surface area (Å²) in [5.41, 5.74) is -0.785. The Bertz CT molecular complexity index is 628. The zero-order valence-corrected chi connectivity index (χ0v) is 8.09. The third-order valence-corrected chi connectivity index (χ3v) is 2.06. The van der Waals surface area contributed by atoms with Gasteiger partial charge in [0.1, 0.15) is 11.9 Å². The molecule has 0 unspecified atom stereocenters. The summed E-state index contributed by atoms with van der Waals surface area (Å²) in [6.45, 7) is 0. The summed E-state index contributed by atoms with van der Waals surface area (Å²) < 4.78 is 14.5. The zero-order valence-electron chi connectivity index (χ0n) is 8.09. The summed E-state index contributed by atoms with van der Waals surface area (Å²) in [6, 6.07) is 7.49. The molecule has 4 nitrogen and oxygen atoms in total. The van der Waals surface area contributed by atoms with Gasteiger partial charge in [-0.05, 0) is 12.1 Å². The summed E-state index contributed by atoms with van der Waals surface area (Å²) in [4.78, 5) is 15.3. The van der Waals surface area contributed by atoms with Crippen molar-refractivity contribution in [1.82, 2.24) is 9.55 Å². The lowest BCUT2D eigenvalue weighted by Crippen LogP contribution is -2.22. The van der Waals surface area contributed by atoms with Crippen molar-refractivity contribution >= 4 is 0 Å². The lowest BCUT2D eigenvalue weighted by molar-refractivity contribution is 0.615. The van der Waals surface area contributed by atoms with Crippen molar-refractivity contribution in [2.24, 2.45) is 0 Å². The molecule has 0 bridgehead atoms. The van der Waals surface area contributed by atoms with E-state index in [0.29, 0.717) is 0 Å². The number of nitriles is 1. The molecule has 0 amide bonds. The van der Waals surface area contributed by atoms with Crippen LogP contribution in [0.15, 0.2) is 41.5 Å². The predicted molar refractivity (Wildman–Crippen MR) is 54.5 cm³/mol. The van der Waals surface area contributed by atoms with Gasteiger partial charge in [0, 0.05) is 12.4 Å². The molecule has 1 aromatic heterocycles. The van der Waals surface area contributed by atoms with E-state index in [4.69, 9.17) is 5.26 Å². The van der Waals surface area contributed by atoms with E-state index in [2.05, 4.69) is 4.98 Å². The van der Waals surface area contributed by atoms with Crippen molar-refractivity contribution in [1.29, 1.82) is 5.26 Å². The van der Waals surface area contributed by atoms with E-state index in [1.807, 2.05) is 0 Å². The second-order valence-corrected chi connectivity index (χ2v) is 3.01.